The van der Waals surface area contributed by atoms with Crippen molar-refractivity contribution in [3.05, 3.63) is 42.2 Å². The van der Waals surface area contributed by atoms with Gasteiger partial charge < -0.3 is 14.2 Å². The molecule has 21 heavy (non-hydrogen) atoms. The zero-order chi connectivity index (χ0) is 14.7. The largest absolute Gasteiger partial charge is 0.497 e. The van der Waals surface area contributed by atoms with Crippen LogP contribution in [0.3, 0.4) is 0 Å². The smallest absolute Gasteiger partial charge is 0.122 e. The number of imidazole rings is 1. The molecular weight excluding hydrogens is 264 g/mol. The van der Waals surface area contributed by atoms with Gasteiger partial charge in [-0.25, -0.2) is 4.98 Å². The molecule has 0 N–H and O–H groups in total. The first-order chi connectivity index (χ1) is 10.2. The molecule has 1 aliphatic heterocycles. The molecule has 0 amide bonds. The number of pyridine rings is 1. The van der Waals surface area contributed by atoms with Gasteiger partial charge in [-0.1, -0.05) is 0 Å². The number of methoxy groups -OCH3 is 1. The van der Waals surface area contributed by atoms with Gasteiger partial charge in [0.05, 0.1) is 12.8 Å². The van der Waals surface area contributed by atoms with Gasteiger partial charge in [0, 0.05) is 50.7 Å². The van der Waals surface area contributed by atoms with E-state index in [9.17, 15) is 0 Å². The molecule has 3 rings (SSSR count). The Morgan fingerprint density at radius 2 is 2.29 bits per heavy atom. The molecule has 0 saturated heterocycles. The topological polar surface area (TPSA) is 43.2 Å². The average molecular weight is 286 g/mol. The van der Waals surface area contributed by atoms with Gasteiger partial charge in [0.2, 0.25) is 0 Å². The first kappa shape index (κ1) is 14.1. The summed E-state index contributed by atoms with van der Waals surface area (Å²) in [4.78, 5) is 11.1. The van der Waals surface area contributed by atoms with E-state index in [1.807, 2.05) is 18.3 Å². The first-order valence-electron chi connectivity index (χ1n) is 7.42. The third-order valence-corrected chi connectivity index (χ3v) is 4.06. The van der Waals surface area contributed by atoms with Gasteiger partial charge in [0.15, 0.2) is 0 Å². The van der Waals surface area contributed by atoms with Crippen molar-refractivity contribution < 1.29 is 4.74 Å². The highest BCUT2D eigenvalue weighted by atomic mass is 16.5. The second-order valence-electron chi connectivity index (χ2n) is 5.78. The summed E-state index contributed by atoms with van der Waals surface area (Å²) in [5, 5.41) is 0. The Kier molecular flexibility index (Phi) is 4.20. The van der Waals surface area contributed by atoms with Crippen molar-refractivity contribution in [3.63, 3.8) is 0 Å². The van der Waals surface area contributed by atoms with Crippen molar-refractivity contribution in [2.45, 2.75) is 25.9 Å². The summed E-state index contributed by atoms with van der Waals surface area (Å²) in [5.41, 5.74) is 1.05. The zero-order valence-electron chi connectivity index (χ0n) is 12.7. The molecule has 0 unspecified atom stereocenters. The van der Waals surface area contributed by atoms with Crippen molar-refractivity contribution in [1.29, 1.82) is 0 Å². The molecule has 1 aliphatic rings. The molecule has 0 saturated carbocycles. The van der Waals surface area contributed by atoms with Gasteiger partial charge in [0.1, 0.15) is 11.6 Å². The number of ether oxygens (including phenoxy) is 1. The van der Waals surface area contributed by atoms with Crippen LogP contribution in [0.15, 0.2) is 30.7 Å². The van der Waals surface area contributed by atoms with Crippen molar-refractivity contribution in [2.24, 2.45) is 5.92 Å². The van der Waals surface area contributed by atoms with Gasteiger partial charge in [-0.2, -0.15) is 0 Å². The lowest BCUT2D eigenvalue weighted by atomic mass is 9.99. The highest BCUT2D eigenvalue weighted by Crippen LogP contribution is 2.20. The van der Waals surface area contributed by atoms with E-state index in [4.69, 9.17) is 4.74 Å². The fraction of sp³-hybridized carbons (Fsp3) is 0.500. The van der Waals surface area contributed by atoms with Crippen LogP contribution in [0.5, 0.6) is 5.75 Å². The zero-order valence-corrected chi connectivity index (χ0v) is 12.7. The van der Waals surface area contributed by atoms with E-state index in [-0.39, 0.29) is 0 Å². The molecule has 1 atom stereocenters. The second kappa shape index (κ2) is 6.26. The van der Waals surface area contributed by atoms with Gasteiger partial charge in [-0.15, -0.1) is 0 Å². The summed E-state index contributed by atoms with van der Waals surface area (Å²) in [6, 6.07) is 3.89. The number of hydrogen-bond acceptors (Lipinski definition) is 4. The van der Waals surface area contributed by atoms with Crippen LogP contribution in [0.4, 0.5) is 0 Å². The Bertz CT molecular complexity index is 595. The van der Waals surface area contributed by atoms with Crippen LogP contribution < -0.4 is 4.74 Å². The summed E-state index contributed by atoms with van der Waals surface area (Å²) >= 11 is 0. The average Bonchev–Trinajstić information content (AvgIpc) is 2.95. The molecule has 0 spiro atoms. The Balaban J connectivity index is 1.56. The standard InChI is InChI=1S/C16H22N4O/c1-19(12-14-9-15(21-2)5-6-17-14)10-13-3-4-16-18-7-8-20(16)11-13/h5-9,13H,3-4,10-12H2,1-2H3/t13-/m0/s1. The SMILES string of the molecule is COc1ccnc(CN(C)C[C@@H]2CCc3nccn3C2)c1. The van der Waals surface area contributed by atoms with Gasteiger partial charge in [0.25, 0.3) is 0 Å². The van der Waals surface area contributed by atoms with Crippen LogP contribution in [-0.2, 0) is 19.5 Å². The highest BCUT2D eigenvalue weighted by Gasteiger charge is 2.20. The predicted octanol–water partition coefficient (Wildman–Crippen LogP) is 1.98. The summed E-state index contributed by atoms with van der Waals surface area (Å²) in [5.74, 6) is 2.78. The van der Waals surface area contributed by atoms with Crippen LogP contribution in [0, 0.1) is 5.92 Å². The van der Waals surface area contributed by atoms with E-state index in [0.29, 0.717) is 5.92 Å². The van der Waals surface area contributed by atoms with Crippen LogP contribution >= 0.6 is 0 Å². The maximum absolute atomic E-state index is 5.25. The summed E-state index contributed by atoms with van der Waals surface area (Å²) in [6.45, 7) is 3.01. The fourth-order valence-electron chi connectivity index (χ4n) is 3.04. The number of hydrogen-bond donors (Lipinski definition) is 0. The summed E-state index contributed by atoms with van der Waals surface area (Å²) < 4.78 is 7.53. The van der Waals surface area contributed by atoms with Gasteiger partial charge in [-0.05, 0) is 25.5 Å². The van der Waals surface area contributed by atoms with Crippen LogP contribution in [0.25, 0.3) is 0 Å². The third-order valence-electron chi connectivity index (χ3n) is 4.06. The minimum absolute atomic E-state index is 0.683. The minimum atomic E-state index is 0.683. The van der Waals surface area contributed by atoms with E-state index >= 15 is 0 Å². The first-order valence-corrected chi connectivity index (χ1v) is 7.42. The number of nitrogens with zero attached hydrogens (tertiary/aromatic N) is 4. The maximum Gasteiger partial charge on any atom is 0.122 e. The quantitative estimate of drug-likeness (QED) is 0.843. The molecule has 5 heteroatoms. The molecule has 2 aromatic rings. The molecule has 112 valence electrons. The van der Waals surface area contributed by atoms with E-state index in [1.165, 1.54) is 12.2 Å². The number of aryl methyl sites for hydroxylation is 1. The molecule has 0 bridgehead atoms. The fourth-order valence-corrected chi connectivity index (χ4v) is 3.04. The minimum Gasteiger partial charge on any atom is -0.497 e. The van der Waals surface area contributed by atoms with Gasteiger partial charge in [-0.3, -0.25) is 4.98 Å². The molecular formula is C16H22N4O. The number of aromatic nitrogens is 3. The van der Waals surface area contributed by atoms with Gasteiger partial charge >= 0.3 is 0 Å². The summed E-state index contributed by atoms with van der Waals surface area (Å²) in [6.07, 6.45) is 8.10. The Morgan fingerprint density at radius 3 is 3.14 bits per heavy atom. The Morgan fingerprint density at radius 1 is 1.38 bits per heavy atom. The molecule has 0 radical (unpaired) electrons. The molecule has 2 aromatic heterocycles. The van der Waals surface area contributed by atoms with Crippen molar-refractivity contribution in [1.82, 2.24) is 19.4 Å². The molecule has 0 aliphatic carbocycles. The lowest BCUT2D eigenvalue weighted by Crippen LogP contribution is -2.31. The number of rotatable bonds is 5. The Labute approximate surface area is 125 Å². The van der Waals surface area contributed by atoms with Crippen molar-refractivity contribution >= 4 is 0 Å². The van der Waals surface area contributed by atoms with Crippen molar-refractivity contribution in [2.75, 3.05) is 20.7 Å². The molecule has 3 heterocycles. The predicted molar refractivity (Wildman–Crippen MR) is 81.2 cm³/mol. The van der Waals surface area contributed by atoms with Crippen LogP contribution in [-0.4, -0.2) is 40.1 Å². The molecule has 5 nitrogen and oxygen atoms in total. The highest BCUT2D eigenvalue weighted by molar-refractivity contribution is 5.22. The van der Waals surface area contributed by atoms with Crippen molar-refractivity contribution in [3.8, 4) is 5.75 Å². The normalized spacial score (nSPS) is 17.8. The van der Waals surface area contributed by atoms with Crippen LogP contribution in [0.1, 0.15) is 17.9 Å². The maximum atomic E-state index is 5.25. The van der Waals surface area contributed by atoms with E-state index < -0.39 is 0 Å². The molecule has 0 fully saturated rings. The van der Waals surface area contributed by atoms with Crippen LogP contribution in [0.2, 0.25) is 0 Å². The summed E-state index contributed by atoms with van der Waals surface area (Å²) in [7, 11) is 3.85. The van der Waals surface area contributed by atoms with E-state index in [0.717, 1.165) is 37.5 Å². The monoisotopic (exact) mass is 286 g/mol. The second-order valence-corrected chi connectivity index (χ2v) is 5.78. The molecule has 0 aromatic carbocycles. The lowest BCUT2D eigenvalue weighted by Gasteiger charge is -2.28. The number of fused-ring (bicyclic) bond motifs is 1. The van der Waals surface area contributed by atoms with E-state index in [2.05, 4.69) is 32.7 Å². The van der Waals surface area contributed by atoms with E-state index in [1.54, 1.807) is 13.3 Å². The Hall–Kier alpha value is -1.88. The lowest BCUT2D eigenvalue weighted by molar-refractivity contribution is 0.227. The third kappa shape index (κ3) is 3.42.